The van der Waals surface area contributed by atoms with E-state index in [2.05, 4.69) is 9.97 Å². The minimum Gasteiger partial charge on any atom is -0.349 e. The van der Waals surface area contributed by atoms with Gasteiger partial charge in [0.25, 0.3) is 0 Å². The van der Waals surface area contributed by atoms with Crippen molar-refractivity contribution >= 4 is 23.0 Å². The number of benzene rings is 1. The summed E-state index contributed by atoms with van der Waals surface area (Å²) in [4.78, 5) is 23.2. The summed E-state index contributed by atoms with van der Waals surface area (Å²) >= 11 is 0. The van der Waals surface area contributed by atoms with Crippen molar-refractivity contribution in [2.24, 2.45) is 0 Å². The molecule has 136 valence electrons. The van der Waals surface area contributed by atoms with Gasteiger partial charge in [-0.3, -0.25) is 10.1 Å². The highest BCUT2D eigenvalue weighted by Gasteiger charge is 2.33. The van der Waals surface area contributed by atoms with Crippen LogP contribution in [0.4, 0.5) is 23.0 Å². The summed E-state index contributed by atoms with van der Waals surface area (Å²) in [6, 6.07) is 11.8. The summed E-state index contributed by atoms with van der Waals surface area (Å²) in [5.74, 6) is 0.369. The molecule has 0 fully saturated rings. The van der Waals surface area contributed by atoms with E-state index in [1.807, 2.05) is 41.3 Å². The average Bonchev–Trinajstić information content (AvgIpc) is 3.11. The molecule has 0 spiro atoms. The molecule has 9 heteroatoms. The Morgan fingerprint density at radius 2 is 1.89 bits per heavy atom. The first-order valence-electron chi connectivity index (χ1n) is 8.51. The fraction of sp³-hybridized carbons (Fsp3) is 0.333. The zero-order valence-electron chi connectivity index (χ0n) is 14.6. The fourth-order valence-corrected chi connectivity index (χ4v) is 3.20. The largest absolute Gasteiger partial charge is 0.353 e. The predicted molar refractivity (Wildman–Crippen MR) is 98.5 cm³/mol. The number of anilines is 3. The fourth-order valence-electron chi connectivity index (χ4n) is 3.20. The Morgan fingerprint density at radius 3 is 2.56 bits per heavy atom. The molecule has 3 rings (SSSR count). The first-order chi connectivity index (χ1) is 13.2. The molecule has 0 unspecified atom stereocenters. The van der Waals surface area contributed by atoms with Crippen LogP contribution in [0, 0.1) is 32.8 Å². The molecule has 0 saturated heterocycles. The van der Waals surface area contributed by atoms with Gasteiger partial charge in [0.05, 0.1) is 29.9 Å². The van der Waals surface area contributed by atoms with Gasteiger partial charge >= 0.3 is 5.69 Å². The van der Waals surface area contributed by atoms with Crippen LogP contribution >= 0.6 is 0 Å². The van der Waals surface area contributed by atoms with E-state index in [-0.39, 0.29) is 43.3 Å². The van der Waals surface area contributed by atoms with Crippen LogP contribution in [0.5, 0.6) is 0 Å². The van der Waals surface area contributed by atoms with Crippen LogP contribution in [-0.2, 0) is 6.42 Å². The van der Waals surface area contributed by atoms with Gasteiger partial charge in [-0.2, -0.15) is 10.5 Å². The van der Waals surface area contributed by atoms with Crippen LogP contribution in [-0.4, -0.2) is 34.5 Å². The predicted octanol–water partition coefficient (Wildman–Crippen LogP) is 2.71. The Morgan fingerprint density at radius 1 is 1.19 bits per heavy atom. The molecule has 1 aromatic heterocycles. The van der Waals surface area contributed by atoms with Gasteiger partial charge in [0.2, 0.25) is 11.6 Å². The number of para-hydroxylation sites is 1. The van der Waals surface area contributed by atoms with E-state index in [9.17, 15) is 10.1 Å². The van der Waals surface area contributed by atoms with Crippen LogP contribution in [0.15, 0.2) is 30.6 Å². The highest BCUT2D eigenvalue weighted by molar-refractivity contribution is 5.78. The first kappa shape index (κ1) is 18.1. The van der Waals surface area contributed by atoms with Gasteiger partial charge in [-0.1, -0.05) is 18.2 Å². The molecule has 1 aliphatic rings. The van der Waals surface area contributed by atoms with Crippen LogP contribution in [0.25, 0.3) is 0 Å². The zero-order valence-corrected chi connectivity index (χ0v) is 14.6. The lowest BCUT2D eigenvalue weighted by atomic mass is 10.2. The number of nitriles is 2. The van der Waals surface area contributed by atoms with E-state index >= 15 is 0 Å². The quantitative estimate of drug-likeness (QED) is 0.543. The normalized spacial score (nSPS) is 12.1. The number of nitro groups is 1. The molecule has 0 bridgehead atoms. The summed E-state index contributed by atoms with van der Waals surface area (Å²) < 4.78 is 0. The van der Waals surface area contributed by atoms with Crippen LogP contribution in [0.3, 0.4) is 0 Å². The molecule has 9 nitrogen and oxygen atoms in total. The molecule has 1 aliphatic heterocycles. The summed E-state index contributed by atoms with van der Waals surface area (Å²) in [5, 5.41) is 29.7. The third-order valence-electron chi connectivity index (χ3n) is 4.40. The van der Waals surface area contributed by atoms with Crippen molar-refractivity contribution in [2.75, 3.05) is 29.4 Å². The molecule has 27 heavy (non-hydrogen) atoms. The van der Waals surface area contributed by atoms with Crippen molar-refractivity contribution in [3.63, 3.8) is 0 Å². The van der Waals surface area contributed by atoms with E-state index in [4.69, 9.17) is 10.5 Å². The van der Waals surface area contributed by atoms with Gasteiger partial charge in [-0.25, -0.2) is 9.97 Å². The highest BCUT2D eigenvalue weighted by atomic mass is 16.6. The minimum atomic E-state index is -0.489. The molecule has 0 amide bonds. The summed E-state index contributed by atoms with van der Waals surface area (Å²) in [5.41, 5.74) is 1.80. The standard InChI is InChI=1S/C18H17N7O2/c19-8-3-10-23(11-4-9-20)17-16(25(26)27)18(22-13-21-17)24-12-7-14-5-1-2-6-15(14)24/h1-2,5-6,13H,3-4,7,10-12H2. The van der Waals surface area contributed by atoms with E-state index in [0.29, 0.717) is 6.54 Å². The SMILES string of the molecule is N#CCCN(CCC#N)c1ncnc(N2CCc3ccccc32)c1[N+](=O)[O-]. The first-order valence-corrected chi connectivity index (χ1v) is 8.51. The van der Waals surface area contributed by atoms with Gasteiger partial charge in [0, 0.05) is 25.3 Å². The second-order valence-corrected chi connectivity index (χ2v) is 5.96. The van der Waals surface area contributed by atoms with Crippen LogP contribution in [0.1, 0.15) is 18.4 Å². The van der Waals surface area contributed by atoms with E-state index in [1.54, 1.807) is 4.90 Å². The lowest BCUT2D eigenvalue weighted by molar-refractivity contribution is -0.383. The average molecular weight is 363 g/mol. The van der Waals surface area contributed by atoms with E-state index < -0.39 is 4.92 Å². The van der Waals surface area contributed by atoms with Crippen molar-refractivity contribution in [1.82, 2.24) is 9.97 Å². The monoisotopic (exact) mass is 363 g/mol. The zero-order chi connectivity index (χ0) is 19.2. The van der Waals surface area contributed by atoms with Crippen molar-refractivity contribution in [3.8, 4) is 12.1 Å². The van der Waals surface area contributed by atoms with E-state index in [1.165, 1.54) is 6.33 Å². The van der Waals surface area contributed by atoms with Crippen molar-refractivity contribution in [2.45, 2.75) is 19.3 Å². The Labute approximate surface area is 156 Å². The number of hydrogen-bond donors (Lipinski definition) is 0. The summed E-state index contributed by atoms with van der Waals surface area (Å²) in [7, 11) is 0. The second kappa shape index (κ2) is 8.11. The van der Waals surface area contributed by atoms with Gasteiger partial charge in [-0.05, 0) is 18.1 Å². The lowest BCUT2D eigenvalue weighted by Crippen LogP contribution is -2.28. The van der Waals surface area contributed by atoms with E-state index in [0.717, 1.165) is 17.7 Å². The second-order valence-electron chi connectivity index (χ2n) is 5.96. The molecular formula is C18H17N7O2. The third kappa shape index (κ3) is 3.62. The number of nitrogens with zero attached hydrogens (tertiary/aromatic N) is 7. The van der Waals surface area contributed by atoms with Gasteiger partial charge in [0.1, 0.15) is 6.33 Å². The van der Waals surface area contributed by atoms with Gasteiger partial charge in [-0.15, -0.1) is 0 Å². The van der Waals surface area contributed by atoms with Crippen molar-refractivity contribution in [1.29, 1.82) is 10.5 Å². The Kier molecular flexibility index (Phi) is 5.43. The van der Waals surface area contributed by atoms with Crippen molar-refractivity contribution in [3.05, 3.63) is 46.3 Å². The molecule has 0 atom stereocenters. The van der Waals surface area contributed by atoms with Gasteiger partial charge in [0.15, 0.2) is 0 Å². The van der Waals surface area contributed by atoms with Gasteiger partial charge < -0.3 is 9.80 Å². The molecule has 0 radical (unpaired) electrons. The molecule has 2 aromatic rings. The Hall–Kier alpha value is -3.72. The third-order valence-corrected chi connectivity index (χ3v) is 4.40. The molecule has 0 aliphatic carbocycles. The smallest absolute Gasteiger partial charge is 0.349 e. The Bertz CT molecular complexity index is 914. The number of hydrogen-bond acceptors (Lipinski definition) is 8. The minimum absolute atomic E-state index is 0.139. The number of rotatable bonds is 7. The topological polar surface area (TPSA) is 123 Å². The number of fused-ring (bicyclic) bond motifs is 1. The maximum atomic E-state index is 11.9. The lowest BCUT2D eigenvalue weighted by Gasteiger charge is -2.24. The molecule has 0 N–H and O–H groups in total. The van der Waals surface area contributed by atoms with Crippen LogP contribution < -0.4 is 9.80 Å². The maximum Gasteiger partial charge on any atom is 0.353 e. The Balaban J connectivity index is 2.07. The molecule has 0 saturated carbocycles. The maximum absolute atomic E-state index is 11.9. The number of aromatic nitrogens is 2. The van der Waals surface area contributed by atoms with Crippen LogP contribution in [0.2, 0.25) is 0 Å². The molecule has 2 heterocycles. The molecular weight excluding hydrogens is 346 g/mol. The summed E-state index contributed by atoms with van der Waals surface area (Å²) in [6.45, 7) is 1.10. The van der Waals surface area contributed by atoms with Crippen molar-refractivity contribution < 1.29 is 4.92 Å². The summed E-state index contributed by atoms with van der Waals surface area (Å²) in [6.07, 6.45) is 2.42. The molecule has 1 aromatic carbocycles. The highest BCUT2D eigenvalue weighted by Crippen LogP contribution is 2.41.